The normalized spacial score (nSPS) is 32.4. The van der Waals surface area contributed by atoms with Crippen LogP contribution in [0.3, 0.4) is 0 Å². The summed E-state index contributed by atoms with van der Waals surface area (Å²) < 4.78 is 6.10. The molecule has 1 unspecified atom stereocenters. The monoisotopic (exact) mass is 279 g/mol. The fraction of sp³-hybridized carbons (Fsp3) is 0.941. The summed E-state index contributed by atoms with van der Waals surface area (Å²) in [5.74, 6) is 0.630. The minimum Gasteiger partial charge on any atom is -0.375 e. The Labute approximate surface area is 122 Å². The van der Waals surface area contributed by atoms with Crippen LogP contribution in [0.5, 0.6) is 0 Å². The number of nitrogens with two attached hydrogens (primary N) is 1. The molecule has 1 saturated heterocycles. The lowest BCUT2D eigenvalue weighted by Gasteiger charge is -2.43. The molecule has 2 aliphatic carbocycles. The third kappa shape index (κ3) is 3.09. The Hall–Kier alpha value is -0.410. The van der Waals surface area contributed by atoms with Crippen molar-refractivity contribution in [3.63, 3.8) is 0 Å². The Kier molecular flexibility index (Phi) is 4.19. The van der Waals surface area contributed by atoms with Crippen molar-refractivity contribution < 1.29 is 9.53 Å². The molecular formula is C17H29NO2. The molecule has 0 aromatic rings. The minimum atomic E-state index is -0.185. The van der Waals surface area contributed by atoms with Crippen LogP contribution < -0.4 is 5.73 Å². The van der Waals surface area contributed by atoms with Crippen molar-refractivity contribution in [3.05, 3.63) is 0 Å². The van der Waals surface area contributed by atoms with Gasteiger partial charge >= 0.3 is 0 Å². The average molecular weight is 279 g/mol. The van der Waals surface area contributed by atoms with Crippen molar-refractivity contribution in [1.82, 2.24) is 0 Å². The molecule has 2 saturated carbocycles. The molecule has 0 radical (unpaired) electrons. The van der Waals surface area contributed by atoms with Crippen molar-refractivity contribution >= 4 is 5.78 Å². The predicted molar refractivity (Wildman–Crippen MR) is 79.5 cm³/mol. The van der Waals surface area contributed by atoms with Crippen LogP contribution in [0.25, 0.3) is 0 Å². The molecule has 114 valence electrons. The number of rotatable bonds is 3. The number of carbonyl (C=O) groups is 1. The topological polar surface area (TPSA) is 52.3 Å². The Morgan fingerprint density at radius 3 is 2.40 bits per heavy atom. The maximum Gasteiger partial charge on any atom is 0.138 e. The van der Waals surface area contributed by atoms with Crippen molar-refractivity contribution in [2.75, 3.05) is 6.61 Å². The summed E-state index contributed by atoms with van der Waals surface area (Å²) in [5, 5.41) is 0. The van der Waals surface area contributed by atoms with Gasteiger partial charge in [0.1, 0.15) is 5.78 Å². The van der Waals surface area contributed by atoms with Crippen LogP contribution in [0.2, 0.25) is 0 Å². The summed E-state index contributed by atoms with van der Waals surface area (Å²) in [6.45, 7) is 0.772. The van der Waals surface area contributed by atoms with E-state index < -0.39 is 0 Å². The minimum absolute atomic E-state index is 0.0360. The molecule has 3 aliphatic rings. The van der Waals surface area contributed by atoms with Crippen LogP contribution in [-0.2, 0) is 9.53 Å². The fourth-order valence-corrected chi connectivity index (χ4v) is 4.59. The molecular weight excluding hydrogens is 250 g/mol. The largest absolute Gasteiger partial charge is 0.375 e. The Bertz CT molecular complexity index is 348. The van der Waals surface area contributed by atoms with Crippen molar-refractivity contribution in [2.45, 2.75) is 88.2 Å². The molecule has 2 N–H and O–H groups in total. The van der Waals surface area contributed by atoms with Gasteiger partial charge in [-0.2, -0.15) is 0 Å². The molecule has 0 aromatic carbocycles. The van der Waals surface area contributed by atoms with Gasteiger partial charge in [-0.3, -0.25) is 4.79 Å². The van der Waals surface area contributed by atoms with Crippen LogP contribution in [0.4, 0.5) is 0 Å². The highest BCUT2D eigenvalue weighted by molar-refractivity contribution is 5.82. The number of ether oxygens (including phenoxy) is 1. The van der Waals surface area contributed by atoms with E-state index in [1.165, 1.54) is 32.1 Å². The van der Waals surface area contributed by atoms with Crippen LogP contribution in [-0.4, -0.2) is 23.5 Å². The first kappa shape index (κ1) is 14.5. The maximum atomic E-state index is 12.6. The van der Waals surface area contributed by atoms with Gasteiger partial charge in [-0.05, 0) is 38.5 Å². The first-order chi connectivity index (χ1) is 9.61. The highest BCUT2D eigenvalue weighted by Gasteiger charge is 2.42. The third-order valence-electron chi connectivity index (χ3n) is 5.84. The molecule has 3 fully saturated rings. The molecule has 1 heterocycles. The van der Waals surface area contributed by atoms with E-state index in [4.69, 9.17) is 10.5 Å². The van der Waals surface area contributed by atoms with Crippen LogP contribution in [0.1, 0.15) is 77.0 Å². The molecule has 0 bridgehead atoms. The number of carbonyl (C=O) groups excluding carboxylic acids is 1. The second-order valence-electron chi connectivity index (χ2n) is 7.49. The van der Waals surface area contributed by atoms with E-state index in [1.807, 2.05) is 0 Å². The van der Waals surface area contributed by atoms with E-state index in [2.05, 4.69) is 0 Å². The SMILES string of the molecule is NC1(CC(=O)C2CCOC3(CCCCC3)C2)CCCC1. The van der Waals surface area contributed by atoms with Gasteiger partial charge in [0, 0.05) is 24.5 Å². The van der Waals surface area contributed by atoms with E-state index >= 15 is 0 Å². The number of ketones is 1. The summed E-state index contributed by atoms with van der Waals surface area (Å²) in [5.41, 5.74) is 6.24. The number of hydrogen-bond donors (Lipinski definition) is 1. The molecule has 20 heavy (non-hydrogen) atoms. The first-order valence-electron chi connectivity index (χ1n) is 8.57. The lowest BCUT2D eigenvalue weighted by Crippen LogP contribution is -2.46. The van der Waals surface area contributed by atoms with Gasteiger partial charge in [-0.15, -0.1) is 0 Å². The molecule has 3 rings (SSSR count). The van der Waals surface area contributed by atoms with E-state index in [0.29, 0.717) is 12.2 Å². The average Bonchev–Trinajstić information content (AvgIpc) is 2.86. The van der Waals surface area contributed by atoms with E-state index in [1.54, 1.807) is 0 Å². The van der Waals surface area contributed by atoms with Gasteiger partial charge in [-0.25, -0.2) is 0 Å². The van der Waals surface area contributed by atoms with Crippen LogP contribution >= 0.6 is 0 Å². The number of hydrogen-bond acceptors (Lipinski definition) is 3. The zero-order valence-electron chi connectivity index (χ0n) is 12.7. The van der Waals surface area contributed by atoms with Gasteiger partial charge in [0.15, 0.2) is 0 Å². The van der Waals surface area contributed by atoms with Gasteiger partial charge in [-0.1, -0.05) is 32.1 Å². The lowest BCUT2D eigenvalue weighted by atomic mass is 9.73. The van der Waals surface area contributed by atoms with E-state index in [9.17, 15) is 4.79 Å². The van der Waals surface area contributed by atoms with Gasteiger partial charge in [0.25, 0.3) is 0 Å². The summed E-state index contributed by atoms with van der Waals surface area (Å²) in [6, 6.07) is 0. The molecule has 1 spiro atoms. The molecule has 3 nitrogen and oxygen atoms in total. The zero-order chi connectivity index (χ0) is 14.1. The first-order valence-corrected chi connectivity index (χ1v) is 8.57. The molecule has 0 amide bonds. The predicted octanol–water partition coefficient (Wildman–Crippen LogP) is 3.35. The zero-order valence-corrected chi connectivity index (χ0v) is 12.7. The second-order valence-corrected chi connectivity index (χ2v) is 7.49. The quantitative estimate of drug-likeness (QED) is 0.862. The van der Waals surface area contributed by atoms with Gasteiger partial charge < -0.3 is 10.5 Å². The Morgan fingerprint density at radius 1 is 1.05 bits per heavy atom. The maximum absolute atomic E-state index is 12.6. The van der Waals surface area contributed by atoms with Gasteiger partial charge in [0.2, 0.25) is 0 Å². The van der Waals surface area contributed by atoms with Crippen molar-refractivity contribution in [3.8, 4) is 0 Å². The Balaban J connectivity index is 1.60. The Morgan fingerprint density at radius 2 is 1.70 bits per heavy atom. The highest BCUT2D eigenvalue weighted by Crippen LogP contribution is 2.42. The number of Topliss-reactive ketones (excluding diaryl/α,β-unsaturated/α-hetero) is 1. The summed E-state index contributed by atoms with van der Waals surface area (Å²) >= 11 is 0. The highest BCUT2D eigenvalue weighted by atomic mass is 16.5. The fourth-order valence-electron chi connectivity index (χ4n) is 4.59. The third-order valence-corrected chi connectivity index (χ3v) is 5.84. The second kappa shape index (κ2) is 5.76. The lowest BCUT2D eigenvalue weighted by molar-refractivity contribution is -0.143. The molecule has 3 heteroatoms. The van der Waals surface area contributed by atoms with Crippen molar-refractivity contribution in [1.29, 1.82) is 0 Å². The standard InChI is InChI=1S/C17H29NO2/c18-16(7-4-5-8-16)13-15(19)14-6-11-20-17(12-14)9-2-1-3-10-17/h14H,1-13,18H2. The van der Waals surface area contributed by atoms with Crippen molar-refractivity contribution in [2.24, 2.45) is 11.7 Å². The van der Waals surface area contributed by atoms with Gasteiger partial charge in [0.05, 0.1) is 5.60 Å². The van der Waals surface area contributed by atoms with E-state index in [0.717, 1.165) is 45.1 Å². The summed E-state index contributed by atoms with van der Waals surface area (Å²) in [4.78, 5) is 12.6. The summed E-state index contributed by atoms with van der Waals surface area (Å²) in [6.07, 6.45) is 13.1. The van der Waals surface area contributed by atoms with Crippen LogP contribution in [0.15, 0.2) is 0 Å². The van der Waals surface area contributed by atoms with E-state index in [-0.39, 0.29) is 17.1 Å². The smallest absolute Gasteiger partial charge is 0.138 e. The summed E-state index contributed by atoms with van der Waals surface area (Å²) in [7, 11) is 0. The van der Waals surface area contributed by atoms with Crippen LogP contribution in [0, 0.1) is 5.92 Å². The molecule has 1 atom stereocenters. The molecule has 0 aromatic heterocycles. The molecule has 1 aliphatic heterocycles.